The van der Waals surface area contributed by atoms with E-state index in [1.807, 2.05) is 0 Å². The average Bonchev–Trinajstić information content (AvgIpc) is 2.37. The highest BCUT2D eigenvalue weighted by Crippen LogP contribution is 2.32. The molecule has 0 saturated heterocycles. The fourth-order valence-electron chi connectivity index (χ4n) is 1.54. The number of aliphatic hydroxyl groups is 2. The summed E-state index contributed by atoms with van der Waals surface area (Å²) in [6.07, 6.45) is 0.0939. The maximum absolute atomic E-state index is 9.31. The highest BCUT2D eigenvalue weighted by Gasteiger charge is 2.12. The van der Waals surface area contributed by atoms with Crippen LogP contribution in [0.25, 0.3) is 0 Å². The molecule has 0 radical (unpaired) electrons. The van der Waals surface area contributed by atoms with Crippen LogP contribution in [0.5, 0.6) is 5.75 Å². The van der Waals surface area contributed by atoms with Crippen molar-refractivity contribution in [1.29, 1.82) is 0 Å². The molecule has 3 N–H and O–H groups in total. The molecular formula is C13H19Cl2NO3. The van der Waals surface area contributed by atoms with Crippen LogP contribution in [-0.4, -0.2) is 36.1 Å². The van der Waals surface area contributed by atoms with Crippen molar-refractivity contribution in [2.45, 2.75) is 26.0 Å². The standard InChI is InChI=1S/C13H19Cl2NO3/c1-2-3-16-6-9-4-10(14)5-12(15)13(9)19-8-11(18)7-17/h4-5,11,16-18H,2-3,6-8H2,1H3. The second kappa shape index (κ2) is 8.61. The Morgan fingerprint density at radius 2 is 2.11 bits per heavy atom. The van der Waals surface area contributed by atoms with Crippen LogP contribution in [0.2, 0.25) is 10.0 Å². The fraction of sp³-hybridized carbons (Fsp3) is 0.538. The molecule has 0 aliphatic rings. The topological polar surface area (TPSA) is 61.7 Å². The molecule has 1 atom stereocenters. The molecule has 0 amide bonds. The van der Waals surface area contributed by atoms with Crippen molar-refractivity contribution in [3.05, 3.63) is 27.7 Å². The number of hydrogen-bond donors (Lipinski definition) is 3. The highest BCUT2D eigenvalue weighted by molar-refractivity contribution is 6.35. The lowest BCUT2D eigenvalue weighted by atomic mass is 10.2. The monoisotopic (exact) mass is 307 g/mol. The summed E-state index contributed by atoms with van der Waals surface area (Å²) in [5, 5.41) is 22.3. The average molecular weight is 308 g/mol. The van der Waals surface area contributed by atoms with E-state index in [0.29, 0.717) is 22.3 Å². The number of hydrogen-bond acceptors (Lipinski definition) is 4. The summed E-state index contributed by atoms with van der Waals surface area (Å²) in [6.45, 7) is 3.17. The highest BCUT2D eigenvalue weighted by atomic mass is 35.5. The van der Waals surface area contributed by atoms with Crippen LogP contribution in [0.1, 0.15) is 18.9 Å². The quantitative estimate of drug-likeness (QED) is 0.645. The van der Waals surface area contributed by atoms with Gasteiger partial charge < -0.3 is 20.3 Å². The van der Waals surface area contributed by atoms with Crippen LogP contribution in [0.4, 0.5) is 0 Å². The van der Waals surface area contributed by atoms with Gasteiger partial charge in [0.05, 0.1) is 11.6 Å². The van der Waals surface area contributed by atoms with Crippen molar-refractivity contribution in [3.8, 4) is 5.75 Å². The van der Waals surface area contributed by atoms with Gasteiger partial charge in [-0.2, -0.15) is 0 Å². The Labute approximate surface area is 123 Å². The first kappa shape index (κ1) is 16.5. The molecule has 1 aromatic carbocycles. The lowest BCUT2D eigenvalue weighted by molar-refractivity contribution is 0.0533. The molecule has 19 heavy (non-hydrogen) atoms. The summed E-state index contributed by atoms with van der Waals surface area (Å²) in [6, 6.07) is 3.36. The van der Waals surface area contributed by atoms with Gasteiger partial charge in [0.15, 0.2) is 0 Å². The van der Waals surface area contributed by atoms with E-state index < -0.39 is 6.10 Å². The zero-order valence-electron chi connectivity index (χ0n) is 10.8. The first-order valence-corrected chi connectivity index (χ1v) is 6.94. The van der Waals surface area contributed by atoms with E-state index >= 15 is 0 Å². The molecule has 1 aromatic rings. The van der Waals surface area contributed by atoms with E-state index in [4.69, 9.17) is 33.0 Å². The van der Waals surface area contributed by atoms with Gasteiger partial charge in [-0.05, 0) is 25.1 Å². The van der Waals surface area contributed by atoms with Gasteiger partial charge in [0.2, 0.25) is 0 Å². The molecule has 0 spiro atoms. The SMILES string of the molecule is CCCNCc1cc(Cl)cc(Cl)c1OCC(O)CO. The second-order valence-electron chi connectivity index (χ2n) is 4.20. The van der Waals surface area contributed by atoms with Crippen LogP contribution in [0, 0.1) is 0 Å². The summed E-state index contributed by atoms with van der Waals surface area (Å²) in [7, 11) is 0. The molecule has 1 rings (SSSR count). The molecular weight excluding hydrogens is 289 g/mol. The molecule has 1 unspecified atom stereocenters. The van der Waals surface area contributed by atoms with Gasteiger partial charge in [-0.15, -0.1) is 0 Å². The first-order chi connectivity index (χ1) is 9.08. The van der Waals surface area contributed by atoms with E-state index in [1.165, 1.54) is 0 Å². The Morgan fingerprint density at radius 1 is 1.37 bits per heavy atom. The third-order valence-electron chi connectivity index (χ3n) is 2.46. The predicted molar refractivity (Wildman–Crippen MR) is 77.0 cm³/mol. The van der Waals surface area contributed by atoms with Crippen LogP contribution < -0.4 is 10.1 Å². The molecule has 0 fully saturated rings. The largest absolute Gasteiger partial charge is 0.489 e. The third kappa shape index (κ3) is 5.55. The second-order valence-corrected chi connectivity index (χ2v) is 5.04. The molecule has 0 bridgehead atoms. The Balaban J connectivity index is 2.80. The van der Waals surface area contributed by atoms with E-state index in [-0.39, 0.29) is 13.2 Å². The number of aliphatic hydroxyl groups excluding tert-OH is 2. The van der Waals surface area contributed by atoms with E-state index in [0.717, 1.165) is 18.5 Å². The summed E-state index contributed by atoms with van der Waals surface area (Å²) < 4.78 is 5.47. The van der Waals surface area contributed by atoms with Gasteiger partial charge >= 0.3 is 0 Å². The van der Waals surface area contributed by atoms with Crippen LogP contribution >= 0.6 is 23.2 Å². The summed E-state index contributed by atoms with van der Waals surface area (Å²) in [5.74, 6) is 0.488. The Bertz CT molecular complexity index is 402. The molecule has 0 aromatic heterocycles. The molecule has 108 valence electrons. The number of rotatable bonds is 8. The molecule has 0 aliphatic carbocycles. The smallest absolute Gasteiger partial charge is 0.142 e. The normalized spacial score (nSPS) is 12.5. The predicted octanol–water partition coefficient (Wildman–Crippen LogP) is 2.23. The van der Waals surface area contributed by atoms with Crippen molar-refractivity contribution >= 4 is 23.2 Å². The van der Waals surface area contributed by atoms with E-state index in [1.54, 1.807) is 12.1 Å². The lowest BCUT2D eigenvalue weighted by Gasteiger charge is -2.16. The maximum Gasteiger partial charge on any atom is 0.142 e. The van der Waals surface area contributed by atoms with Gasteiger partial charge in [0.1, 0.15) is 18.5 Å². The number of halogens is 2. The Kier molecular flexibility index (Phi) is 7.49. The minimum Gasteiger partial charge on any atom is -0.489 e. The number of nitrogens with one attached hydrogen (secondary N) is 1. The number of ether oxygens (including phenoxy) is 1. The van der Waals surface area contributed by atoms with Crippen molar-refractivity contribution < 1.29 is 14.9 Å². The molecule has 4 nitrogen and oxygen atoms in total. The maximum atomic E-state index is 9.31. The minimum atomic E-state index is -0.928. The third-order valence-corrected chi connectivity index (χ3v) is 2.96. The van der Waals surface area contributed by atoms with Gasteiger partial charge in [0.25, 0.3) is 0 Å². The van der Waals surface area contributed by atoms with E-state index in [9.17, 15) is 5.11 Å². The Morgan fingerprint density at radius 3 is 2.74 bits per heavy atom. The molecule has 0 heterocycles. The zero-order chi connectivity index (χ0) is 14.3. The minimum absolute atomic E-state index is 0.0152. The van der Waals surface area contributed by atoms with Crippen molar-refractivity contribution in [2.75, 3.05) is 19.8 Å². The fourth-order valence-corrected chi connectivity index (χ4v) is 2.13. The molecule has 0 aliphatic heterocycles. The van der Waals surface area contributed by atoms with Gasteiger partial charge in [-0.3, -0.25) is 0 Å². The zero-order valence-corrected chi connectivity index (χ0v) is 12.3. The van der Waals surface area contributed by atoms with Crippen LogP contribution in [0.3, 0.4) is 0 Å². The number of benzene rings is 1. The summed E-state index contributed by atoms with van der Waals surface area (Å²) in [4.78, 5) is 0. The lowest BCUT2D eigenvalue weighted by Crippen LogP contribution is -2.22. The van der Waals surface area contributed by atoms with Crippen molar-refractivity contribution in [2.24, 2.45) is 0 Å². The summed E-state index contributed by atoms with van der Waals surface area (Å²) >= 11 is 12.1. The van der Waals surface area contributed by atoms with E-state index in [2.05, 4.69) is 12.2 Å². The Hall–Kier alpha value is -0.520. The van der Waals surface area contributed by atoms with Crippen LogP contribution in [0.15, 0.2) is 12.1 Å². The van der Waals surface area contributed by atoms with Crippen molar-refractivity contribution in [1.82, 2.24) is 5.32 Å². The van der Waals surface area contributed by atoms with Gasteiger partial charge in [-0.25, -0.2) is 0 Å². The van der Waals surface area contributed by atoms with Crippen molar-refractivity contribution in [3.63, 3.8) is 0 Å². The molecule has 0 saturated carbocycles. The molecule has 6 heteroatoms. The van der Waals surface area contributed by atoms with Crippen LogP contribution in [-0.2, 0) is 6.54 Å². The first-order valence-electron chi connectivity index (χ1n) is 6.18. The van der Waals surface area contributed by atoms with Gasteiger partial charge in [-0.1, -0.05) is 30.1 Å². The summed E-state index contributed by atoms with van der Waals surface area (Å²) in [5.41, 5.74) is 0.830. The van der Waals surface area contributed by atoms with Gasteiger partial charge in [0, 0.05) is 17.1 Å².